The first-order valence-corrected chi connectivity index (χ1v) is 11.7. The Labute approximate surface area is 204 Å². The van der Waals surface area contributed by atoms with Crippen molar-refractivity contribution in [1.29, 1.82) is 0 Å². The first-order chi connectivity index (χ1) is 16.8. The number of hydrogen-bond donors (Lipinski definition) is 3. The number of nitrogens with one attached hydrogen (secondary N) is 3. The van der Waals surface area contributed by atoms with E-state index in [1.807, 2.05) is 35.2 Å². The summed E-state index contributed by atoms with van der Waals surface area (Å²) in [6, 6.07) is 7.59. The number of carbonyl (C=O) groups excluding carboxylic acids is 4. The van der Waals surface area contributed by atoms with Gasteiger partial charge in [-0.25, -0.2) is 0 Å². The third kappa shape index (κ3) is 8.39. The average Bonchev–Trinajstić information content (AvgIpc) is 3.61. The number of nitrogens with zero attached hydrogens (tertiary/aromatic N) is 1. The van der Waals surface area contributed by atoms with Crippen molar-refractivity contribution in [3.63, 3.8) is 0 Å². The smallest absolute Gasteiger partial charge is 0.245 e. The number of methoxy groups -OCH3 is 1. The minimum absolute atomic E-state index is 0.0485. The predicted octanol–water partition coefficient (Wildman–Crippen LogP) is -1.35. The Hall–Kier alpha value is -2.86. The fourth-order valence-corrected chi connectivity index (χ4v) is 3.77. The molecule has 2 aliphatic rings. The molecule has 1 aromatic rings. The molecule has 0 bridgehead atoms. The van der Waals surface area contributed by atoms with E-state index in [9.17, 15) is 19.2 Å². The van der Waals surface area contributed by atoms with Crippen molar-refractivity contribution in [2.45, 2.75) is 31.0 Å². The quantitative estimate of drug-likeness (QED) is 0.289. The fraction of sp³-hybridized carbons (Fsp3) is 0.583. The van der Waals surface area contributed by atoms with E-state index in [-0.39, 0.29) is 31.4 Å². The lowest BCUT2D eigenvalue weighted by molar-refractivity contribution is -0.133. The first kappa shape index (κ1) is 26.7. The van der Waals surface area contributed by atoms with E-state index >= 15 is 0 Å². The van der Waals surface area contributed by atoms with Gasteiger partial charge in [0.25, 0.3) is 0 Å². The molecule has 1 aromatic carbocycles. The van der Waals surface area contributed by atoms with Gasteiger partial charge in [0.2, 0.25) is 17.7 Å². The number of carbonyl (C=O) groups is 4. The van der Waals surface area contributed by atoms with Gasteiger partial charge < -0.3 is 30.2 Å². The average molecular weight is 491 g/mol. The first-order valence-electron chi connectivity index (χ1n) is 11.7. The molecule has 3 N–H and O–H groups in total. The summed E-state index contributed by atoms with van der Waals surface area (Å²) in [5, 5.41) is 7.88. The number of ether oxygens (including phenoxy) is 3. The molecule has 2 heterocycles. The van der Waals surface area contributed by atoms with Gasteiger partial charge in [-0.15, -0.1) is 0 Å². The molecule has 3 atom stereocenters. The molecular formula is C24H34N4O7. The Morgan fingerprint density at radius 2 is 1.71 bits per heavy atom. The summed E-state index contributed by atoms with van der Waals surface area (Å²) >= 11 is 0. The Morgan fingerprint density at radius 1 is 1.06 bits per heavy atom. The zero-order chi connectivity index (χ0) is 25.3. The van der Waals surface area contributed by atoms with Gasteiger partial charge in [0, 0.05) is 20.2 Å². The molecule has 11 nitrogen and oxygen atoms in total. The minimum atomic E-state index is -0.957. The standard InChI is InChI=1S/C24H34N4O7/c1-24(16-35-24)22(31)18(12-17-6-4-3-5-7-17)26-20(29)13-25-23(32)19(15-33-2)27-21(30)14-28-8-10-34-11-9-28/h3-7,18-19H,8-16H2,1-2H3,(H,25,32)(H,26,29)(H,27,30). The van der Waals surface area contributed by atoms with E-state index in [1.54, 1.807) is 6.92 Å². The summed E-state index contributed by atoms with van der Waals surface area (Å²) in [6.45, 7) is 4.14. The van der Waals surface area contributed by atoms with Gasteiger partial charge in [0.15, 0.2) is 5.78 Å². The van der Waals surface area contributed by atoms with Gasteiger partial charge in [-0.3, -0.25) is 24.1 Å². The molecule has 2 saturated heterocycles. The third-order valence-electron chi connectivity index (χ3n) is 5.91. The van der Waals surface area contributed by atoms with Crippen LogP contribution in [0.4, 0.5) is 0 Å². The van der Waals surface area contributed by atoms with Gasteiger partial charge >= 0.3 is 0 Å². The fourth-order valence-electron chi connectivity index (χ4n) is 3.77. The van der Waals surface area contributed by atoms with Crippen molar-refractivity contribution >= 4 is 23.5 Å². The molecule has 0 saturated carbocycles. The molecule has 0 radical (unpaired) electrons. The van der Waals surface area contributed by atoms with Gasteiger partial charge in [-0.05, 0) is 18.9 Å². The molecule has 0 aliphatic carbocycles. The lowest BCUT2D eigenvalue weighted by atomic mass is 9.95. The molecule has 2 fully saturated rings. The van der Waals surface area contributed by atoms with E-state index in [0.717, 1.165) is 5.56 Å². The molecule has 3 unspecified atom stereocenters. The van der Waals surface area contributed by atoms with Crippen molar-refractivity contribution < 1.29 is 33.4 Å². The van der Waals surface area contributed by atoms with Crippen LogP contribution >= 0.6 is 0 Å². The summed E-state index contributed by atoms with van der Waals surface area (Å²) in [5.74, 6) is -1.61. The topological polar surface area (TPSA) is 139 Å². The monoisotopic (exact) mass is 490 g/mol. The van der Waals surface area contributed by atoms with Crippen LogP contribution in [0.5, 0.6) is 0 Å². The predicted molar refractivity (Wildman–Crippen MR) is 126 cm³/mol. The second-order valence-electron chi connectivity index (χ2n) is 8.88. The summed E-state index contributed by atoms with van der Waals surface area (Å²) in [5.41, 5.74) is -0.00724. The molecular weight excluding hydrogens is 456 g/mol. The van der Waals surface area contributed by atoms with Gasteiger partial charge in [0.1, 0.15) is 11.6 Å². The highest BCUT2D eigenvalue weighted by Gasteiger charge is 2.50. The van der Waals surface area contributed by atoms with Crippen LogP contribution in [-0.2, 0) is 39.8 Å². The Balaban J connectivity index is 1.51. The van der Waals surface area contributed by atoms with E-state index in [2.05, 4.69) is 16.0 Å². The Kier molecular flexibility index (Phi) is 9.73. The zero-order valence-electron chi connectivity index (χ0n) is 20.2. The number of hydrogen-bond acceptors (Lipinski definition) is 8. The highest BCUT2D eigenvalue weighted by atomic mass is 16.6. The maximum absolute atomic E-state index is 12.9. The molecule has 192 valence electrons. The second-order valence-corrected chi connectivity index (χ2v) is 8.88. The number of Topliss-reactive ketones (excluding diaryl/α,β-unsaturated/α-hetero) is 1. The van der Waals surface area contributed by atoms with Crippen LogP contribution in [0.3, 0.4) is 0 Å². The molecule has 11 heteroatoms. The largest absolute Gasteiger partial charge is 0.382 e. The lowest BCUT2D eigenvalue weighted by Gasteiger charge is -2.26. The molecule has 3 amide bonds. The maximum Gasteiger partial charge on any atom is 0.245 e. The third-order valence-corrected chi connectivity index (χ3v) is 5.91. The highest BCUT2D eigenvalue weighted by Crippen LogP contribution is 2.29. The van der Waals surface area contributed by atoms with E-state index in [4.69, 9.17) is 14.2 Å². The van der Waals surface area contributed by atoms with Crippen molar-refractivity contribution in [2.75, 3.05) is 59.7 Å². The zero-order valence-corrected chi connectivity index (χ0v) is 20.2. The number of ketones is 1. The molecule has 0 aromatic heterocycles. The van der Waals surface area contributed by atoms with Crippen molar-refractivity contribution in [3.05, 3.63) is 35.9 Å². The van der Waals surface area contributed by atoms with Crippen LogP contribution in [0.25, 0.3) is 0 Å². The van der Waals surface area contributed by atoms with E-state index < -0.39 is 29.5 Å². The van der Waals surface area contributed by atoms with E-state index in [0.29, 0.717) is 39.3 Å². The Bertz CT molecular complexity index is 885. The van der Waals surface area contributed by atoms with E-state index in [1.165, 1.54) is 7.11 Å². The van der Waals surface area contributed by atoms with Crippen molar-refractivity contribution in [3.8, 4) is 0 Å². The number of morpholine rings is 1. The van der Waals surface area contributed by atoms with Crippen LogP contribution in [0.1, 0.15) is 12.5 Å². The molecule has 0 spiro atoms. The lowest BCUT2D eigenvalue weighted by Crippen LogP contribution is -2.54. The SMILES string of the molecule is COCC(NC(=O)CN1CCOCC1)C(=O)NCC(=O)NC(Cc1ccccc1)C(=O)C1(C)CO1. The van der Waals surface area contributed by atoms with Gasteiger partial charge in [-0.1, -0.05) is 30.3 Å². The highest BCUT2D eigenvalue weighted by molar-refractivity contribution is 5.97. The number of benzene rings is 1. The van der Waals surface area contributed by atoms with Gasteiger partial charge in [0.05, 0.1) is 45.6 Å². The normalized spacial score (nSPS) is 21.4. The van der Waals surface area contributed by atoms with Crippen LogP contribution in [0.15, 0.2) is 30.3 Å². The van der Waals surface area contributed by atoms with Crippen LogP contribution in [0, 0.1) is 0 Å². The summed E-state index contributed by atoms with van der Waals surface area (Å²) in [7, 11) is 1.42. The summed E-state index contributed by atoms with van der Waals surface area (Å²) < 4.78 is 15.6. The van der Waals surface area contributed by atoms with Crippen molar-refractivity contribution in [1.82, 2.24) is 20.9 Å². The molecule has 35 heavy (non-hydrogen) atoms. The molecule has 3 rings (SSSR count). The van der Waals surface area contributed by atoms with Gasteiger partial charge in [-0.2, -0.15) is 0 Å². The second kappa shape index (κ2) is 12.7. The summed E-state index contributed by atoms with van der Waals surface area (Å²) in [4.78, 5) is 52.4. The number of amides is 3. The Morgan fingerprint density at radius 3 is 2.34 bits per heavy atom. The number of rotatable bonds is 13. The summed E-state index contributed by atoms with van der Waals surface area (Å²) in [6.07, 6.45) is 0.308. The van der Waals surface area contributed by atoms with Crippen molar-refractivity contribution in [2.24, 2.45) is 0 Å². The number of epoxide rings is 1. The van der Waals surface area contributed by atoms with Crippen LogP contribution < -0.4 is 16.0 Å². The molecule has 2 aliphatic heterocycles. The minimum Gasteiger partial charge on any atom is -0.382 e. The van der Waals surface area contributed by atoms with Crippen LogP contribution in [-0.4, -0.2) is 106 Å². The van der Waals surface area contributed by atoms with Crippen LogP contribution in [0.2, 0.25) is 0 Å². The maximum atomic E-state index is 12.9.